The number of likely N-dealkylation sites (tertiary alicyclic amines) is 1. The zero-order valence-electron chi connectivity index (χ0n) is 13.1. The van der Waals surface area contributed by atoms with E-state index in [1.54, 1.807) is 4.90 Å². The molecule has 1 aliphatic heterocycles. The van der Waals surface area contributed by atoms with Gasteiger partial charge in [-0.15, -0.1) is 0 Å². The Balaban J connectivity index is 1.81. The molecule has 0 aliphatic carbocycles. The Morgan fingerprint density at radius 3 is 2.91 bits per heavy atom. The van der Waals surface area contributed by atoms with E-state index in [4.69, 9.17) is 0 Å². The lowest BCUT2D eigenvalue weighted by Gasteiger charge is -2.36. The summed E-state index contributed by atoms with van der Waals surface area (Å²) in [6, 6.07) is 3.61. The number of benzene rings is 1. The number of likely N-dealkylation sites (N-methyl/N-ethyl adjacent to an activating group) is 1. The van der Waals surface area contributed by atoms with Crippen molar-refractivity contribution in [2.45, 2.75) is 25.3 Å². The number of rotatable bonds is 4. The van der Waals surface area contributed by atoms with Crippen LogP contribution in [0.1, 0.15) is 18.4 Å². The summed E-state index contributed by atoms with van der Waals surface area (Å²) in [6.45, 7) is 1.74. The molecule has 2 amide bonds. The monoisotopic (exact) mass is 311 g/mol. The largest absolute Gasteiger partial charge is 0.338 e. The fourth-order valence-corrected chi connectivity index (χ4v) is 2.71. The number of nitrogens with zero attached hydrogens (tertiary/aromatic N) is 2. The Kier molecular flexibility index (Phi) is 5.71. The second kappa shape index (κ2) is 7.54. The smallest absolute Gasteiger partial charge is 0.317 e. The minimum atomic E-state index is -0.465. The molecule has 0 unspecified atom stereocenters. The van der Waals surface area contributed by atoms with Gasteiger partial charge in [0.15, 0.2) is 0 Å². The SMILES string of the molecule is CN(C)[C@@H]1CCCN(C(=O)NCCc2cc(F)ccc2F)C1. The fraction of sp³-hybridized carbons (Fsp3) is 0.562. The van der Waals surface area contributed by atoms with Crippen LogP contribution < -0.4 is 5.32 Å². The van der Waals surface area contributed by atoms with Crippen LogP contribution in [0.3, 0.4) is 0 Å². The summed E-state index contributed by atoms with van der Waals surface area (Å²) in [6.07, 6.45) is 2.35. The maximum Gasteiger partial charge on any atom is 0.317 e. The van der Waals surface area contributed by atoms with Crippen LogP contribution in [0, 0.1) is 11.6 Å². The molecular formula is C16H23F2N3O. The standard InChI is InChI=1S/C16H23F2N3O/c1-20(2)14-4-3-9-21(11-14)16(22)19-8-7-12-10-13(17)5-6-15(12)18/h5-6,10,14H,3-4,7-9,11H2,1-2H3,(H,19,22)/t14-/m1/s1. The number of halogens is 2. The van der Waals surface area contributed by atoms with E-state index in [1.165, 1.54) is 6.07 Å². The Morgan fingerprint density at radius 2 is 2.18 bits per heavy atom. The normalized spacial score (nSPS) is 18.6. The third kappa shape index (κ3) is 4.40. The maximum atomic E-state index is 13.5. The lowest BCUT2D eigenvalue weighted by molar-refractivity contribution is 0.140. The van der Waals surface area contributed by atoms with Crippen molar-refractivity contribution in [3.05, 3.63) is 35.4 Å². The molecule has 1 N–H and O–H groups in total. The second-order valence-electron chi connectivity index (χ2n) is 5.92. The molecule has 22 heavy (non-hydrogen) atoms. The molecule has 122 valence electrons. The van der Waals surface area contributed by atoms with Gasteiger partial charge >= 0.3 is 6.03 Å². The van der Waals surface area contributed by atoms with Gasteiger partial charge < -0.3 is 15.1 Å². The first kappa shape index (κ1) is 16.7. The number of carbonyl (C=O) groups excluding carboxylic acids is 1. The van der Waals surface area contributed by atoms with Gasteiger partial charge in [-0.1, -0.05) is 0 Å². The van der Waals surface area contributed by atoms with E-state index >= 15 is 0 Å². The van der Waals surface area contributed by atoms with Crippen molar-refractivity contribution < 1.29 is 13.6 Å². The lowest BCUT2D eigenvalue weighted by atomic mass is 10.1. The van der Waals surface area contributed by atoms with Crippen molar-refractivity contribution in [2.24, 2.45) is 0 Å². The number of hydrogen-bond donors (Lipinski definition) is 1. The molecular weight excluding hydrogens is 288 g/mol. The van der Waals surface area contributed by atoms with E-state index in [0.717, 1.165) is 31.5 Å². The van der Waals surface area contributed by atoms with Crippen LogP contribution in [0.5, 0.6) is 0 Å². The number of amides is 2. The van der Waals surface area contributed by atoms with Crippen LogP contribution in [-0.4, -0.2) is 55.6 Å². The highest BCUT2D eigenvalue weighted by atomic mass is 19.1. The van der Waals surface area contributed by atoms with Gasteiger partial charge in [-0.25, -0.2) is 13.6 Å². The predicted molar refractivity (Wildman–Crippen MR) is 81.7 cm³/mol. The van der Waals surface area contributed by atoms with E-state index in [2.05, 4.69) is 10.2 Å². The quantitative estimate of drug-likeness (QED) is 0.926. The van der Waals surface area contributed by atoms with Crippen LogP contribution in [0.4, 0.5) is 13.6 Å². The highest BCUT2D eigenvalue weighted by molar-refractivity contribution is 5.74. The van der Waals surface area contributed by atoms with Gasteiger partial charge in [-0.05, 0) is 57.1 Å². The van der Waals surface area contributed by atoms with Crippen molar-refractivity contribution in [3.63, 3.8) is 0 Å². The minimum absolute atomic E-state index is 0.136. The molecule has 1 aromatic carbocycles. The van der Waals surface area contributed by atoms with E-state index in [1.807, 2.05) is 14.1 Å². The van der Waals surface area contributed by atoms with Crippen molar-refractivity contribution in [1.82, 2.24) is 15.1 Å². The molecule has 0 saturated carbocycles. The number of piperidine rings is 1. The molecule has 1 fully saturated rings. The summed E-state index contributed by atoms with van der Waals surface area (Å²) in [7, 11) is 4.03. The average molecular weight is 311 g/mol. The third-order valence-electron chi connectivity index (χ3n) is 4.09. The van der Waals surface area contributed by atoms with E-state index in [9.17, 15) is 13.6 Å². The van der Waals surface area contributed by atoms with E-state index in [-0.39, 0.29) is 18.0 Å². The summed E-state index contributed by atoms with van der Waals surface area (Å²) >= 11 is 0. The summed E-state index contributed by atoms with van der Waals surface area (Å²) in [5.74, 6) is -0.908. The van der Waals surface area contributed by atoms with Crippen LogP contribution in [0.15, 0.2) is 18.2 Å². The van der Waals surface area contributed by atoms with Gasteiger partial charge in [0, 0.05) is 25.7 Å². The second-order valence-corrected chi connectivity index (χ2v) is 5.92. The maximum absolute atomic E-state index is 13.5. The minimum Gasteiger partial charge on any atom is -0.338 e. The van der Waals surface area contributed by atoms with Crippen molar-refractivity contribution in [2.75, 3.05) is 33.7 Å². The molecule has 1 heterocycles. The summed E-state index contributed by atoms with van der Waals surface area (Å²) in [5, 5.41) is 2.79. The lowest BCUT2D eigenvalue weighted by Crippen LogP contribution is -2.51. The zero-order valence-corrected chi connectivity index (χ0v) is 13.1. The zero-order chi connectivity index (χ0) is 16.1. The third-order valence-corrected chi connectivity index (χ3v) is 4.09. The first-order valence-corrected chi connectivity index (χ1v) is 7.60. The van der Waals surface area contributed by atoms with Crippen LogP contribution in [0.25, 0.3) is 0 Å². The summed E-state index contributed by atoms with van der Waals surface area (Å²) in [4.78, 5) is 16.1. The first-order valence-electron chi connectivity index (χ1n) is 7.60. The Bertz CT molecular complexity index is 522. The highest BCUT2D eigenvalue weighted by Gasteiger charge is 2.24. The number of hydrogen-bond acceptors (Lipinski definition) is 2. The van der Waals surface area contributed by atoms with Gasteiger partial charge in [0.05, 0.1) is 0 Å². The Hall–Kier alpha value is -1.69. The topological polar surface area (TPSA) is 35.6 Å². The van der Waals surface area contributed by atoms with Crippen molar-refractivity contribution >= 4 is 6.03 Å². The molecule has 0 aromatic heterocycles. The first-order chi connectivity index (χ1) is 10.5. The molecule has 4 nitrogen and oxygen atoms in total. The predicted octanol–water partition coefficient (Wildman–Crippen LogP) is 2.24. The van der Waals surface area contributed by atoms with Gasteiger partial charge in [-0.2, -0.15) is 0 Å². The number of urea groups is 1. The highest BCUT2D eigenvalue weighted by Crippen LogP contribution is 2.14. The van der Waals surface area contributed by atoms with Gasteiger partial charge in [0.25, 0.3) is 0 Å². The number of carbonyl (C=O) groups is 1. The van der Waals surface area contributed by atoms with Gasteiger partial charge in [0.2, 0.25) is 0 Å². The van der Waals surface area contributed by atoms with Crippen LogP contribution in [-0.2, 0) is 6.42 Å². The molecule has 0 spiro atoms. The average Bonchev–Trinajstić information content (AvgIpc) is 2.50. The molecule has 1 aromatic rings. The molecule has 1 aliphatic rings. The van der Waals surface area contributed by atoms with Crippen LogP contribution in [0.2, 0.25) is 0 Å². The summed E-state index contributed by atoms with van der Waals surface area (Å²) in [5.41, 5.74) is 0.283. The molecule has 2 rings (SSSR count). The van der Waals surface area contributed by atoms with E-state index < -0.39 is 11.6 Å². The Morgan fingerprint density at radius 1 is 1.41 bits per heavy atom. The van der Waals surface area contributed by atoms with Crippen molar-refractivity contribution in [3.8, 4) is 0 Å². The summed E-state index contributed by atoms with van der Waals surface area (Å²) < 4.78 is 26.6. The number of nitrogens with one attached hydrogen (secondary N) is 1. The molecule has 1 saturated heterocycles. The van der Waals surface area contributed by atoms with Gasteiger partial charge in [-0.3, -0.25) is 0 Å². The fourth-order valence-electron chi connectivity index (χ4n) is 2.71. The van der Waals surface area contributed by atoms with Crippen molar-refractivity contribution in [1.29, 1.82) is 0 Å². The molecule has 1 atom stereocenters. The van der Waals surface area contributed by atoms with Gasteiger partial charge in [0.1, 0.15) is 11.6 Å². The molecule has 0 radical (unpaired) electrons. The van der Waals surface area contributed by atoms with Crippen LogP contribution >= 0.6 is 0 Å². The van der Waals surface area contributed by atoms with E-state index in [0.29, 0.717) is 19.1 Å². The molecule has 0 bridgehead atoms. The Labute approximate surface area is 130 Å². The molecule has 6 heteroatoms.